The second-order valence-corrected chi connectivity index (χ2v) is 7.82. The summed E-state index contributed by atoms with van der Waals surface area (Å²) < 4.78 is 13.0. The molecule has 1 saturated carbocycles. The minimum atomic E-state index is 0.516. The molecule has 7 nitrogen and oxygen atoms in total. The van der Waals surface area contributed by atoms with Crippen LogP contribution in [0.15, 0.2) is 49.3 Å². The quantitative estimate of drug-likeness (QED) is 0.441. The number of nitrogens with zero attached hydrogens (tertiary/aromatic N) is 5. The first-order chi connectivity index (χ1) is 12.9. The SMILES string of the molecule is c1coc(Cn2c(SCc3noc(-c4ccsc4)n3)nnc2C2CC2)c1. The summed E-state index contributed by atoms with van der Waals surface area (Å²) >= 11 is 3.17. The molecular formula is C17H15N5O2S2. The lowest BCUT2D eigenvalue weighted by Gasteiger charge is -2.07. The zero-order chi connectivity index (χ0) is 17.3. The maximum absolute atomic E-state index is 5.50. The van der Waals surface area contributed by atoms with Crippen molar-refractivity contribution >= 4 is 23.1 Å². The lowest BCUT2D eigenvalue weighted by atomic mass is 10.3. The number of furan rings is 1. The summed E-state index contributed by atoms with van der Waals surface area (Å²) in [4.78, 5) is 4.46. The molecule has 0 unspecified atom stereocenters. The summed E-state index contributed by atoms with van der Waals surface area (Å²) in [5, 5.41) is 17.7. The topological polar surface area (TPSA) is 82.8 Å². The molecule has 0 aromatic carbocycles. The fourth-order valence-electron chi connectivity index (χ4n) is 2.70. The highest BCUT2D eigenvalue weighted by atomic mass is 32.2. The van der Waals surface area contributed by atoms with E-state index in [1.807, 2.05) is 29.0 Å². The van der Waals surface area contributed by atoms with Gasteiger partial charge in [-0.1, -0.05) is 16.9 Å². The third kappa shape index (κ3) is 3.19. The van der Waals surface area contributed by atoms with Gasteiger partial charge in [-0.05, 0) is 36.4 Å². The van der Waals surface area contributed by atoms with Crippen LogP contribution in [0.1, 0.15) is 36.2 Å². The van der Waals surface area contributed by atoms with Crippen LogP contribution < -0.4 is 0 Å². The number of thioether (sulfide) groups is 1. The number of aromatic nitrogens is 5. The molecule has 132 valence electrons. The molecule has 0 amide bonds. The standard InChI is InChI=1S/C17H15N5O2S2/c1-2-13(23-6-1)8-22-15(11-3-4-11)19-20-17(22)26-10-14-18-16(24-21-14)12-5-7-25-9-12/h1-2,5-7,9,11H,3-4,8,10H2. The van der Waals surface area contributed by atoms with Gasteiger partial charge in [0.05, 0.1) is 24.1 Å². The summed E-state index contributed by atoms with van der Waals surface area (Å²) in [6, 6.07) is 5.84. The van der Waals surface area contributed by atoms with Gasteiger partial charge in [-0.3, -0.25) is 4.57 Å². The molecule has 0 saturated heterocycles. The van der Waals surface area contributed by atoms with Gasteiger partial charge in [-0.25, -0.2) is 0 Å². The average molecular weight is 385 g/mol. The fourth-order valence-corrected chi connectivity index (χ4v) is 4.12. The average Bonchev–Trinajstić information content (AvgIpc) is 3.17. The zero-order valence-corrected chi connectivity index (χ0v) is 15.4. The Kier molecular flexibility index (Phi) is 4.10. The van der Waals surface area contributed by atoms with Gasteiger partial charge >= 0.3 is 0 Å². The van der Waals surface area contributed by atoms with Gasteiger partial charge in [0, 0.05) is 11.3 Å². The first-order valence-corrected chi connectivity index (χ1v) is 10.2. The lowest BCUT2D eigenvalue weighted by molar-refractivity contribution is 0.425. The van der Waals surface area contributed by atoms with Crippen LogP contribution in [-0.2, 0) is 12.3 Å². The van der Waals surface area contributed by atoms with Crippen molar-refractivity contribution in [1.82, 2.24) is 24.9 Å². The van der Waals surface area contributed by atoms with Crippen LogP contribution in [0, 0.1) is 0 Å². The second kappa shape index (κ2) is 6.73. The molecule has 1 aliphatic rings. The van der Waals surface area contributed by atoms with E-state index in [0.717, 1.165) is 22.3 Å². The van der Waals surface area contributed by atoms with Gasteiger partial charge in [0.25, 0.3) is 5.89 Å². The van der Waals surface area contributed by atoms with Crippen molar-refractivity contribution in [2.75, 3.05) is 0 Å². The zero-order valence-electron chi connectivity index (χ0n) is 13.7. The van der Waals surface area contributed by atoms with Crippen LogP contribution >= 0.6 is 23.1 Å². The molecule has 1 aliphatic carbocycles. The van der Waals surface area contributed by atoms with Gasteiger partial charge in [-0.2, -0.15) is 16.3 Å². The molecule has 0 atom stereocenters. The van der Waals surface area contributed by atoms with E-state index in [1.165, 1.54) is 12.8 Å². The van der Waals surface area contributed by atoms with Crippen LogP contribution in [0.3, 0.4) is 0 Å². The van der Waals surface area contributed by atoms with Crippen molar-refractivity contribution in [3.8, 4) is 11.5 Å². The molecule has 0 bridgehead atoms. The van der Waals surface area contributed by atoms with E-state index in [9.17, 15) is 0 Å². The van der Waals surface area contributed by atoms with Gasteiger partial charge in [0.2, 0.25) is 0 Å². The number of thiophene rings is 1. The highest BCUT2D eigenvalue weighted by Crippen LogP contribution is 2.40. The number of hydrogen-bond donors (Lipinski definition) is 0. The van der Waals surface area contributed by atoms with E-state index in [4.69, 9.17) is 8.94 Å². The van der Waals surface area contributed by atoms with E-state index in [-0.39, 0.29) is 0 Å². The molecule has 0 radical (unpaired) electrons. The van der Waals surface area contributed by atoms with Gasteiger partial charge in [-0.15, -0.1) is 10.2 Å². The van der Waals surface area contributed by atoms with Crippen LogP contribution in [0.4, 0.5) is 0 Å². The molecule has 4 aromatic heterocycles. The van der Waals surface area contributed by atoms with E-state index in [1.54, 1.807) is 29.4 Å². The Morgan fingerprint density at radius 1 is 1.27 bits per heavy atom. The normalized spacial score (nSPS) is 14.2. The Morgan fingerprint density at radius 3 is 3.00 bits per heavy atom. The summed E-state index contributed by atoms with van der Waals surface area (Å²) in [7, 11) is 0. The van der Waals surface area contributed by atoms with E-state index < -0.39 is 0 Å². The number of rotatable bonds is 7. The molecule has 4 heterocycles. The van der Waals surface area contributed by atoms with E-state index in [2.05, 4.69) is 24.9 Å². The lowest BCUT2D eigenvalue weighted by Crippen LogP contribution is -2.05. The Balaban J connectivity index is 1.34. The highest BCUT2D eigenvalue weighted by Gasteiger charge is 2.30. The molecule has 26 heavy (non-hydrogen) atoms. The maximum atomic E-state index is 5.50. The van der Waals surface area contributed by atoms with Crippen LogP contribution in [0.5, 0.6) is 0 Å². The third-order valence-electron chi connectivity index (χ3n) is 4.15. The first kappa shape index (κ1) is 15.8. The second-order valence-electron chi connectivity index (χ2n) is 6.10. The van der Waals surface area contributed by atoms with Gasteiger partial charge in [0.15, 0.2) is 11.0 Å². The maximum Gasteiger partial charge on any atom is 0.258 e. The van der Waals surface area contributed by atoms with Crippen molar-refractivity contribution in [3.63, 3.8) is 0 Å². The Bertz CT molecular complexity index is 987. The van der Waals surface area contributed by atoms with Crippen LogP contribution in [-0.4, -0.2) is 24.9 Å². The first-order valence-electron chi connectivity index (χ1n) is 8.30. The molecule has 0 N–H and O–H groups in total. The Labute approximate surface area is 157 Å². The van der Waals surface area contributed by atoms with Crippen molar-refractivity contribution in [1.29, 1.82) is 0 Å². The van der Waals surface area contributed by atoms with Crippen LogP contribution in [0.25, 0.3) is 11.5 Å². The van der Waals surface area contributed by atoms with Gasteiger partial charge < -0.3 is 8.94 Å². The molecule has 5 rings (SSSR count). The monoisotopic (exact) mass is 385 g/mol. The minimum absolute atomic E-state index is 0.516. The smallest absolute Gasteiger partial charge is 0.258 e. The van der Waals surface area contributed by atoms with E-state index in [0.29, 0.717) is 29.9 Å². The molecule has 0 aliphatic heterocycles. The highest BCUT2D eigenvalue weighted by molar-refractivity contribution is 7.98. The molecule has 9 heteroatoms. The fraction of sp³-hybridized carbons (Fsp3) is 0.294. The minimum Gasteiger partial charge on any atom is -0.467 e. The Hall–Kier alpha value is -2.39. The molecule has 1 fully saturated rings. The summed E-state index contributed by atoms with van der Waals surface area (Å²) in [5.41, 5.74) is 0.954. The predicted octanol–water partition coefficient (Wildman–Crippen LogP) is 4.20. The van der Waals surface area contributed by atoms with Crippen LogP contribution in [0.2, 0.25) is 0 Å². The summed E-state index contributed by atoms with van der Waals surface area (Å²) in [6.45, 7) is 0.639. The molecular weight excluding hydrogens is 370 g/mol. The van der Waals surface area contributed by atoms with Crippen molar-refractivity contribution in [3.05, 3.63) is 52.6 Å². The van der Waals surface area contributed by atoms with E-state index >= 15 is 0 Å². The summed E-state index contributed by atoms with van der Waals surface area (Å²) in [6.07, 6.45) is 4.04. The summed E-state index contributed by atoms with van der Waals surface area (Å²) in [5.74, 6) is 4.23. The van der Waals surface area contributed by atoms with Crippen molar-refractivity contribution in [2.45, 2.75) is 36.2 Å². The Morgan fingerprint density at radius 2 is 2.23 bits per heavy atom. The van der Waals surface area contributed by atoms with Crippen molar-refractivity contribution < 1.29 is 8.94 Å². The molecule has 4 aromatic rings. The molecule has 0 spiro atoms. The number of hydrogen-bond acceptors (Lipinski definition) is 8. The van der Waals surface area contributed by atoms with Crippen molar-refractivity contribution in [2.24, 2.45) is 0 Å². The third-order valence-corrected chi connectivity index (χ3v) is 5.79. The largest absolute Gasteiger partial charge is 0.467 e. The van der Waals surface area contributed by atoms with Gasteiger partial charge in [0.1, 0.15) is 11.6 Å². The predicted molar refractivity (Wildman–Crippen MR) is 97.0 cm³/mol.